The van der Waals surface area contributed by atoms with Crippen LogP contribution >= 0.6 is 0 Å². The third-order valence-corrected chi connectivity index (χ3v) is 5.25. The summed E-state index contributed by atoms with van der Waals surface area (Å²) in [5, 5.41) is 14.0. The first-order valence-corrected chi connectivity index (χ1v) is 9.24. The molecule has 3 rings (SSSR count). The van der Waals surface area contributed by atoms with Gasteiger partial charge < -0.3 is 10.1 Å². The van der Waals surface area contributed by atoms with Crippen LogP contribution in [0.15, 0.2) is 36.4 Å². The van der Waals surface area contributed by atoms with Gasteiger partial charge in [-0.15, -0.1) is 0 Å². The van der Waals surface area contributed by atoms with Gasteiger partial charge in [0.05, 0.1) is 18.6 Å². The zero-order chi connectivity index (χ0) is 21.1. The lowest BCUT2D eigenvalue weighted by Crippen LogP contribution is -2.49. The van der Waals surface area contributed by atoms with Gasteiger partial charge >= 0.3 is 5.97 Å². The summed E-state index contributed by atoms with van der Waals surface area (Å²) in [5.41, 5.74) is 3.69. The molecule has 1 aliphatic heterocycles. The third kappa shape index (κ3) is 4.43. The Balaban J connectivity index is 1.81. The van der Waals surface area contributed by atoms with Crippen LogP contribution in [0.3, 0.4) is 0 Å². The average molecular weight is 397 g/mol. The largest absolute Gasteiger partial charge is 0.468 e. The van der Waals surface area contributed by atoms with E-state index in [0.717, 1.165) is 22.3 Å². The molecule has 0 unspecified atom stereocenters. The molecule has 0 fully saturated rings. The summed E-state index contributed by atoms with van der Waals surface area (Å²) < 4.78 is 4.91. The first-order chi connectivity index (χ1) is 13.8. The van der Waals surface area contributed by atoms with Crippen LogP contribution in [0.25, 0.3) is 0 Å². The molecule has 0 aliphatic carbocycles. The monoisotopic (exact) mass is 397 g/mol. The summed E-state index contributed by atoms with van der Waals surface area (Å²) in [6, 6.07) is 10.2. The van der Waals surface area contributed by atoms with Gasteiger partial charge in [-0.05, 0) is 48.6 Å². The van der Waals surface area contributed by atoms with Crippen LogP contribution in [0.5, 0.6) is 0 Å². The number of anilines is 1. The Morgan fingerprint density at radius 3 is 2.52 bits per heavy atom. The molecular weight excluding hydrogens is 374 g/mol. The zero-order valence-corrected chi connectivity index (χ0v) is 16.6. The fourth-order valence-corrected chi connectivity index (χ4v) is 3.54. The highest BCUT2D eigenvalue weighted by Crippen LogP contribution is 2.28. The standard InChI is InChI=1S/C21H23N3O5/c1-13-8-17(18(24(27)28)9-14(13)2)22-20(25)12-23-11-16-7-5-4-6-15(16)10-19(23)21(26)29-3/h4-9,19H,10-12H2,1-3H3,(H,22,25)/t19-/m0/s1. The molecule has 0 spiro atoms. The molecule has 1 N–H and O–H groups in total. The molecule has 2 aromatic carbocycles. The molecule has 8 heteroatoms. The van der Waals surface area contributed by atoms with Gasteiger partial charge in [-0.25, -0.2) is 0 Å². The average Bonchev–Trinajstić information content (AvgIpc) is 2.69. The maximum atomic E-state index is 12.7. The SMILES string of the molecule is COC(=O)[C@@H]1Cc2ccccc2CN1CC(=O)Nc1cc(C)c(C)cc1[N+](=O)[O-]. The molecule has 1 atom stereocenters. The van der Waals surface area contributed by atoms with Crippen molar-refractivity contribution in [3.8, 4) is 0 Å². The molecule has 0 radical (unpaired) electrons. The van der Waals surface area contributed by atoms with Crippen LogP contribution in [0.2, 0.25) is 0 Å². The topological polar surface area (TPSA) is 102 Å². The number of nitro benzene ring substituents is 1. The number of methoxy groups -OCH3 is 1. The normalized spacial score (nSPS) is 16.0. The predicted molar refractivity (Wildman–Crippen MR) is 108 cm³/mol. The van der Waals surface area contributed by atoms with Gasteiger partial charge in [0.1, 0.15) is 11.7 Å². The Kier molecular flexibility index (Phi) is 5.93. The number of nitrogens with zero attached hydrogens (tertiary/aromatic N) is 2. The lowest BCUT2D eigenvalue weighted by molar-refractivity contribution is -0.384. The number of benzene rings is 2. The highest BCUT2D eigenvalue weighted by atomic mass is 16.6. The van der Waals surface area contributed by atoms with Crippen molar-refractivity contribution >= 4 is 23.3 Å². The molecule has 2 aromatic rings. The fraction of sp³-hybridized carbons (Fsp3) is 0.333. The number of hydrogen-bond acceptors (Lipinski definition) is 6. The molecule has 152 valence electrons. The minimum absolute atomic E-state index is 0.0851. The van der Waals surface area contributed by atoms with E-state index in [0.29, 0.717) is 13.0 Å². The molecule has 0 saturated carbocycles. The van der Waals surface area contributed by atoms with E-state index in [1.165, 1.54) is 13.2 Å². The first kappa shape index (κ1) is 20.5. The first-order valence-electron chi connectivity index (χ1n) is 9.24. The number of carbonyl (C=O) groups is 2. The minimum atomic E-state index is -0.588. The number of nitrogens with one attached hydrogen (secondary N) is 1. The number of rotatable bonds is 5. The van der Waals surface area contributed by atoms with Crippen LogP contribution in [-0.4, -0.2) is 41.4 Å². The predicted octanol–water partition coefficient (Wildman–Crippen LogP) is 2.75. The highest BCUT2D eigenvalue weighted by molar-refractivity contribution is 5.95. The van der Waals surface area contributed by atoms with Crippen LogP contribution in [0, 0.1) is 24.0 Å². The molecule has 8 nitrogen and oxygen atoms in total. The highest BCUT2D eigenvalue weighted by Gasteiger charge is 2.33. The van der Waals surface area contributed by atoms with Crippen molar-refractivity contribution in [2.24, 2.45) is 0 Å². The summed E-state index contributed by atoms with van der Waals surface area (Å²) in [7, 11) is 1.32. The summed E-state index contributed by atoms with van der Waals surface area (Å²) in [4.78, 5) is 37.5. The molecule has 1 heterocycles. The van der Waals surface area contributed by atoms with E-state index in [1.807, 2.05) is 31.2 Å². The van der Waals surface area contributed by atoms with E-state index >= 15 is 0 Å². The molecule has 0 aromatic heterocycles. The van der Waals surface area contributed by atoms with Crippen LogP contribution in [0.1, 0.15) is 22.3 Å². The van der Waals surface area contributed by atoms with Gasteiger partial charge in [0.2, 0.25) is 5.91 Å². The summed E-state index contributed by atoms with van der Waals surface area (Å²) in [5.74, 6) is -0.839. The Hall–Kier alpha value is -3.26. The molecule has 1 amide bonds. The second-order valence-corrected chi connectivity index (χ2v) is 7.18. The van der Waals surface area contributed by atoms with Crippen LogP contribution in [-0.2, 0) is 27.3 Å². The van der Waals surface area contributed by atoms with Gasteiger partial charge in [0.15, 0.2) is 0 Å². The number of hydrogen-bond donors (Lipinski definition) is 1. The lowest BCUT2D eigenvalue weighted by atomic mass is 9.94. The second-order valence-electron chi connectivity index (χ2n) is 7.18. The van der Waals surface area contributed by atoms with Crippen LogP contribution < -0.4 is 5.32 Å². The number of ether oxygens (including phenoxy) is 1. The van der Waals surface area contributed by atoms with Gasteiger partial charge in [-0.2, -0.15) is 0 Å². The second kappa shape index (κ2) is 8.40. The molecule has 29 heavy (non-hydrogen) atoms. The van der Waals surface area contributed by atoms with Crippen molar-refractivity contribution in [2.75, 3.05) is 19.0 Å². The number of amides is 1. The van der Waals surface area contributed by atoms with E-state index in [1.54, 1.807) is 17.9 Å². The Morgan fingerprint density at radius 2 is 1.86 bits per heavy atom. The van der Waals surface area contributed by atoms with Crippen LogP contribution in [0.4, 0.5) is 11.4 Å². The number of aryl methyl sites for hydroxylation is 2. The van der Waals surface area contributed by atoms with Crippen molar-refractivity contribution < 1.29 is 19.2 Å². The summed E-state index contributed by atoms with van der Waals surface area (Å²) >= 11 is 0. The molecular formula is C21H23N3O5. The van der Waals surface area contributed by atoms with Gasteiger partial charge in [0, 0.05) is 12.6 Å². The van der Waals surface area contributed by atoms with Crippen molar-refractivity contribution in [2.45, 2.75) is 32.9 Å². The summed E-state index contributed by atoms with van der Waals surface area (Å²) in [6.45, 7) is 3.93. The van der Waals surface area contributed by atoms with Gasteiger partial charge in [-0.1, -0.05) is 24.3 Å². The maximum Gasteiger partial charge on any atom is 0.323 e. The minimum Gasteiger partial charge on any atom is -0.468 e. The van der Waals surface area contributed by atoms with E-state index in [-0.39, 0.29) is 17.9 Å². The van der Waals surface area contributed by atoms with Crippen molar-refractivity contribution in [1.29, 1.82) is 0 Å². The summed E-state index contributed by atoms with van der Waals surface area (Å²) in [6.07, 6.45) is 0.444. The third-order valence-electron chi connectivity index (χ3n) is 5.25. The quantitative estimate of drug-likeness (QED) is 0.473. The van der Waals surface area contributed by atoms with E-state index in [4.69, 9.17) is 4.74 Å². The molecule has 1 aliphatic rings. The smallest absolute Gasteiger partial charge is 0.323 e. The Labute approximate surface area is 168 Å². The number of fused-ring (bicyclic) bond motifs is 1. The Morgan fingerprint density at radius 1 is 1.21 bits per heavy atom. The van der Waals surface area contributed by atoms with E-state index < -0.39 is 22.8 Å². The van der Waals surface area contributed by atoms with E-state index in [9.17, 15) is 19.7 Å². The van der Waals surface area contributed by atoms with Crippen molar-refractivity contribution in [3.05, 3.63) is 68.8 Å². The number of nitro groups is 1. The molecule has 0 bridgehead atoms. The number of esters is 1. The Bertz CT molecular complexity index is 973. The van der Waals surface area contributed by atoms with Gasteiger partial charge in [-0.3, -0.25) is 24.6 Å². The molecule has 0 saturated heterocycles. The van der Waals surface area contributed by atoms with Gasteiger partial charge in [0.25, 0.3) is 5.69 Å². The maximum absolute atomic E-state index is 12.7. The van der Waals surface area contributed by atoms with Crippen molar-refractivity contribution in [3.63, 3.8) is 0 Å². The zero-order valence-electron chi connectivity index (χ0n) is 16.6. The fourth-order valence-electron chi connectivity index (χ4n) is 3.54. The van der Waals surface area contributed by atoms with Crippen molar-refractivity contribution in [1.82, 2.24) is 4.90 Å². The lowest BCUT2D eigenvalue weighted by Gasteiger charge is -2.34. The number of carbonyl (C=O) groups excluding carboxylic acids is 2. The van der Waals surface area contributed by atoms with E-state index in [2.05, 4.69) is 5.32 Å².